The van der Waals surface area contributed by atoms with Gasteiger partial charge in [-0.2, -0.15) is 13.2 Å². The zero-order valence-corrected chi connectivity index (χ0v) is 11.5. The normalized spacial score (nSPS) is 11.8. The minimum atomic E-state index is -5.23. The van der Waals surface area contributed by atoms with Gasteiger partial charge in [-0.1, -0.05) is 15.9 Å². The third-order valence-electron chi connectivity index (χ3n) is 2.81. The van der Waals surface area contributed by atoms with Crippen LogP contribution in [-0.4, -0.2) is 21.6 Å². The van der Waals surface area contributed by atoms with E-state index in [0.29, 0.717) is 4.47 Å². The first-order valence-electron chi connectivity index (χ1n) is 5.27. The summed E-state index contributed by atoms with van der Waals surface area (Å²) in [5, 5.41) is 9.84. The van der Waals surface area contributed by atoms with Crippen LogP contribution in [0.4, 0.5) is 13.2 Å². The van der Waals surface area contributed by atoms with E-state index in [0.717, 1.165) is 4.57 Å². The monoisotopic (exact) mass is 349 g/mol. The molecule has 0 aliphatic heterocycles. The van der Waals surface area contributed by atoms with Crippen LogP contribution in [0.3, 0.4) is 0 Å². The fourth-order valence-corrected chi connectivity index (χ4v) is 2.21. The van der Waals surface area contributed by atoms with E-state index in [9.17, 15) is 27.9 Å². The van der Waals surface area contributed by atoms with Crippen molar-refractivity contribution in [2.45, 2.75) is 6.18 Å². The van der Waals surface area contributed by atoms with E-state index in [1.165, 1.54) is 19.2 Å². The second-order valence-corrected chi connectivity index (χ2v) is 4.99. The lowest BCUT2D eigenvalue weighted by atomic mass is 10.1. The number of pyridine rings is 1. The number of Topliss-reactive ketones (excluding diaryl/α,β-unsaturated/α-hetero) is 1. The number of benzene rings is 1. The van der Waals surface area contributed by atoms with Crippen LogP contribution in [0.1, 0.15) is 10.4 Å². The Hall–Kier alpha value is -1.83. The Morgan fingerprint density at radius 3 is 2.50 bits per heavy atom. The maximum Gasteiger partial charge on any atom is 0.455 e. The van der Waals surface area contributed by atoms with Gasteiger partial charge in [0.2, 0.25) is 0 Å². The smallest absolute Gasteiger partial charge is 0.455 e. The lowest BCUT2D eigenvalue weighted by molar-refractivity contribution is -0.0887. The molecule has 1 N–H and O–H groups in total. The van der Waals surface area contributed by atoms with Gasteiger partial charge in [0.15, 0.2) is 0 Å². The maximum atomic E-state index is 12.5. The lowest BCUT2D eigenvalue weighted by Gasteiger charge is -2.12. The van der Waals surface area contributed by atoms with Gasteiger partial charge in [0.05, 0.1) is 5.52 Å². The predicted molar refractivity (Wildman–Crippen MR) is 68.9 cm³/mol. The van der Waals surface area contributed by atoms with Crippen LogP contribution < -0.4 is 5.56 Å². The molecule has 20 heavy (non-hydrogen) atoms. The van der Waals surface area contributed by atoms with Crippen molar-refractivity contribution < 1.29 is 23.1 Å². The zero-order valence-electron chi connectivity index (χ0n) is 9.95. The Bertz CT molecular complexity index is 780. The Labute approximate surface area is 118 Å². The summed E-state index contributed by atoms with van der Waals surface area (Å²) in [5.41, 5.74) is -2.25. The first-order valence-corrected chi connectivity index (χ1v) is 6.06. The van der Waals surface area contributed by atoms with Crippen molar-refractivity contribution in [2.75, 3.05) is 0 Å². The molecule has 0 radical (unpaired) electrons. The number of rotatable bonds is 1. The fourth-order valence-electron chi connectivity index (χ4n) is 1.85. The highest BCUT2D eigenvalue weighted by atomic mass is 79.9. The van der Waals surface area contributed by atoms with Crippen LogP contribution in [0.25, 0.3) is 10.9 Å². The summed E-state index contributed by atoms with van der Waals surface area (Å²) in [6, 6.07) is 4.34. The van der Waals surface area contributed by atoms with Crippen molar-refractivity contribution in [3.63, 3.8) is 0 Å². The van der Waals surface area contributed by atoms with Crippen LogP contribution in [-0.2, 0) is 7.05 Å². The van der Waals surface area contributed by atoms with Crippen molar-refractivity contribution in [1.29, 1.82) is 0 Å². The van der Waals surface area contributed by atoms with Gasteiger partial charge in [0.1, 0.15) is 11.3 Å². The molecule has 0 aliphatic rings. The number of nitrogens with zero attached hydrogens (tertiary/aromatic N) is 1. The van der Waals surface area contributed by atoms with Crippen molar-refractivity contribution in [3.8, 4) is 5.75 Å². The number of aryl methyl sites for hydroxylation is 1. The van der Waals surface area contributed by atoms with Gasteiger partial charge in [0, 0.05) is 16.9 Å². The number of carbonyl (C=O) groups excluding carboxylic acids is 1. The average Bonchev–Trinajstić information content (AvgIpc) is 2.35. The summed E-state index contributed by atoms with van der Waals surface area (Å²) in [7, 11) is 1.23. The summed E-state index contributed by atoms with van der Waals surface area (Å²) in [6.45, 7) is 0. The average molecular weight is 350 g/mol. The van der Waals surface area contributed by atoms with E-state index < -0.39 is 28.8 Å². The molecule has 0 aliphatic carbocycles. The molecule has 2 aromatic rings. The van der Waals surface area contributed by atoms with Crippen LogP contribution in [0.5, 0.6) is 5.75 Å². The Kier molecular flexibility index (Phi) is 3.37. The molecule has 2 rings (SSSR count). The number of carbonyl (C=O) groups is 1. The van der Waals surface area contributed by atoms with Gasteiger partial charge in [-0.05, 0) is 18.2 Å². The molecule has 1 aromatic heterocycles. The molecule has 0 bridgehead atoms. The number of aromatic hydroxyl groups is 1. The molecule has 0 spiro atoms. The molecular formula is C12H7BrF3NO3. The maximum absolute atomic E-state index is 12.5. The highest BCUT2D eigenvalue weighted by molar-refractivity contribution is 9.10. The van der Waals surface area contributed by atoms with E-state index in [4.69, 9.17) is 0 Å². The second kappa shape index (κ2) is 4.62. The third-order valence-corrected chi connectivity index (χ3v) is 3.31. The Morgan fingerprint density at radius 2 is 1.95 bits per heavy atom. The van der Waals surface area contributed by atoms with Gasteiger partial charge in [-0.15, -0.1) is 0 Å². The number of hydrogen-bond donors (Lipinski definition) is 1. The molecule has 0 unspecified atom stereocenters. The summed E-state index contributed by atoms with van der Waals surface area (Å²) in [4.78, 5) is 23.1. The first-order chi connectivity index (χ1) is 9.14. The number of alkyl halides is 3. The molecule has 0 saturated heterocycles. The van der Waals surface area contributed by atoms with E-state index in [1.54, 1.807) is 6.07 Å². The van der Waals surface area contributed by atoms with Crippen LogP contribution in [0.2, 0.25) is 0 Å². The molecule has 106 valence electrons. The summed E-state index contributed by atoms with van der Waals surface area (Å²) in [6.07, 6.45) is -5.23. The molecule has 0 amide bonds. The van der Waals surface area contributed by atoms with Crippen molar-refractivity contribution in [1.82, 2.24) is 4.57 Å². The minimum absolute atomic E-state index is 0.0194. The molecule has 8 heteroatoms. The number of fused-ring (bicyclic) bond motifs is 1. The SMILES string of the molecule is Cn1c(=O)c(C(=O)C(F)(F)F)c(O)c2cc(Br)ccc21. The molecule has 0 fully saturated rings. The fraction of sp³-hybridized carbons (Fsp3) is 0.167. The van der Waals surface area contributed by atoms with Crippen LogP contribution in [0, 0.1) is 0 Å². The number of hydrogen-bond acceptors (Lipinski definition) is 3. The minimum Gasteiger partial charge on any atom is -0.506 e. The van der Waals surface area contributed by atoms with Crippen LogP contribution >= 0.6 is 15.9 Å². The van der Waals surface area contributed by atoms with E-state index in [2.05, 4.69) is 15.9 Å². The van der Waals surface area contributed by atoms with Crippen molar-refractivity contribution in [2.24, 2.45) is 7.05 Å². The molecule has 1 heterocycles. The standard InChI is InChI=1S/C12H7BrF3NO3/c1-17-7-3-2-5(13)4-6(7)9(18)8(11(17)20)10(19)12(14,15)16/h2-4,18H,1H3. The number of ketones is 1. The highest BCUT2D eigenvalue weighted by Gasteiger charge is 2.43. The van der Waals surface area contributed by atoms with Crippen molar-refractivity contribution in [3.05, 3.63) is 38.6 Å². The van der Waals surface area contributed by atoms with Gasteiger partial charge in [-0.25, -0.2) is 0 Å². The summed E-state index contributed by atoms with van der Waals surface area (Å²) in [5.74, 6) is -3.33. The molecule has 0 saturated carbocycles. The van der Waals surface area contributed by atoms with Crippen molar-refractivity contribution >= 4 is 32.6 Å². The molecular weight excluding hydrogens is 343 g/mol. The van der Waals surface area contributed by atoms with E-state index >= 15 is 0 Å². The first kappa shape index (κ1) is 14.6. The van der Waals surface area contributed by atoms with Crippen LogP contribution in [0.15, 0.2) is 27.5 Å². The molecule has 0 atom stereocenters. The van der Waals surface area contributed by atoms with E-state index in [1.807, 2.05) is 0 Å². The lowest BCUT2D eigenvalue weighted by Crippen LogP contribution is -2.32. The number of halogens is 4. The Balaban J connectivity index is 2.94. The molecule has 1 aromatic carbocycles. The highest BCUT2D eigenvalue weighted by Crippen LogP contribution is 2.32. The van der Waals surface area contributed by atoms with E-state index in [-0.39, 0.29) is 10.9 Å². The quantitative estimate of drug-likeness (QED) is 0.805. The molecule has 4 nitrogen and oxygen atoms in total. The predicted octanol–water partition coefficient (Wildman–Crippen LogP) is 2.75. The zero-order chi connectivity index (χ0) is 15.2. The Morgan fingerprint density at radius 1 is 1.35 bits per heavy atom. The summed E-state index contributed by atoms with van der Waals surface area (Å²) >= 11 is 3.11. The largest absolute Gasteiger partial charge is 0.506 e. The number of aromatic nitrogens is 1. The van der Waals surface area contributed by atoms with Gasteiger partial charge < -0.3 is 9.67 Å². The van der Waals surface area contributed by atoms with Gasteiger partial charge >= 0.3 is 6.18 Å². The third kappa shape index (κ3) is 2.20. The van der Waals surface area contributed by atoms with Gasteiger partial charge in [-0.3, -0.25) is 9.59 Å². The summed E-state index contributed by atoms with van der Waals surface area (Å²) < 4.78 is 38.8. The second-order valence-electron chi connectivity index (χ2n) is 4.08. The topological polar surface area (TPSA) is 59.3 Å². The van der Waals surface area contributed by atoms with Gasteiger partial charge in [0.25, 0.3) is 11.3 Å².